The number of hydrogen-bond acceptors (Lipinski definition) is 5. The van der Waals surface area contributed by atoms with Crippen molar-refractivity contribution >= 4 is 11.7 Å². The first kappa shape index (κ1) is 16.7. The van der Waals surface area contributed by atoms with Crippen LogP contribution in [-0.2, 0) is 4.79 Å². The third kappa shape index (κ3) is 3.58. The molecule has 26 heavy (non-hydrogen) atoms. The lowest BCUT2D eigenvalue weighted by Crippen LogP contribution is -2.49. The second-order valence-electron chi connectivity index (χ2n) is 6.48. The summed E-state index contributed by atoms with van der Waals surface area (Å²) >= 11 is 0. The van der Waals surface area contributed by atoms with E-state index < -0.39 is 11.6 Å². The summed E-state index contributed by atoms with van der Waals surface area (Å²) in [5.41, 5.74) is 0. The number of nitrogens with zero attached hydrogens (tertiary/aromatic N) is 4. The zero-order valence-electron chi connectivity index (χ0n) is 14.1. The minimum atomic E-state index is -0.978. The number of benzene rings is 1. The normalized spacial score (nSPS) is 17.3. The summed E-state index contributed by atoms with van der Waals surface area (Å²) in [6.45, 7) is 2.69. The fraction of sp³-hybridized carbons (Fsp3) is 0.389. The van der Waals surface area contributed by atoms with E-state index in [0.29, 0.717) is 32.0 Å². The van der Waals surface area contributed by atoms with Crippen molar-refractivity contribution in [3.05, 3.63) is 42.2 Å². The van der Waals surface area contributed by atoms with Crippen molar-refractivity contribution in [2.45, 2.75) is 12.8 Å². The first-order valence-corrected chi connectivity index (χ1v) is 8.59. The van der Waals surface area contributed by atoms with Gasteiger partial charge in [-0.25, -0.2) is 18.7 Å². The summed E-state index contributed by atoms with van der Waals surface area (Å²) in [7, 11) is 0. The Balaban J connectivity index is 1.41. The smallest absolute Gasteiger partial charge is 0.225 e. The minimum Gasteiger partial charge on any atom is -0.439 e. The number of ether oxygens (including phenoxy) is 1. The van der Waals surface area contributed by atoms with Crippen LogP contribution in [0.1, 0.15) is 12.8 Å². The Hall–Kier alpha value is -2.77. The Labute approximate surface area is 149 Å². The highest BCUT2D eigenvalue weighted by molar-refractivity contribution is 5.81. The predicted octanol–water partition coefficient (Wildman–Crippen LogP) is 2.61. The molecule has 0 spiro atoms. The summed E-state index contributed by atoms with van der Waals surface area (Å²) in [6.07, 6.45) is 3.39. The molecule has 1 saturated carbocycles. The third-order valence-corrected chi connectivity index (χ3v) is 4.58. The van der Waals surface area contributed by atoms with Gasteiger partial charge in [-0.05, 0) is 25.0 Å². The van der Waals surface area contributed by atoms with Crippen molar-refractivity contribution in [1.29, 1.82) is 0 Å². The molecule has 2 heterocycles. The number of halogens is 2. The third-order valence-electron chi connectivity index (χ3n) is 4.58. The average Bonchev–Trinajstić information content (AvgIpc) is 3.50. The van der Waals surface area contributed by atoms with E-state index in [1.807, 2.05) is 4.90 Å². The van der Waals surface area contributed by atoms with Crippen molar-refractivity contribution in [2.75, 3.05) is 31.1 Å². The number of carbonyl (C=O) groups excluding carboxylic acids is 1. The van der Waals surface area contributed by atoms with Crippen LogP contribution in [0, 0.1) is 17.6 Å². The van der Waals surface area contributed by atoms with Crippen LogP contribution in [0.4, 0.5) is 14.6 Å². The van der Waals surface area contributed by atoms with Gasteiger partial charge in [-0.15, -0.1) is 0 Å². The molecule has 0 N–H and O–H groups in total. The van der Waals surface area contributed by atoms with Crippen LogP contribution in [0.3, 0.4) is 0 Å². The second kappa shape index (κ2) is 6.86. The summed E-state index contributed by atoms with van der Waals surface area (Å²) in [6, 6.07) is 4.96. The predicted molar refractivity (Wildman–Crippen MR) is 90.0 cm³/mol. The standard InChI is InChI=1S/C18H18F2N4O2/c19-14-4-3-13(9-15(14)20)26-17-10-16(21-11-22-17)23-5-7-24(8-6-23)18(25)12-1-2-12/h3-4,9-12H,1-2,5-8H2. The molecule has 0 bridgehead atoms. The molecule has 1 aliphatic heterocycles. The fourth-order valence-electron chi connectivity index (χ4n) is 2.96. The number of hydrogen-bond donors (Lipinski definition) is 0. The highest BCUT2D eigenvalue weighted by atomic mass is 19.2. The Kier molecular flexibility index (Phi) is 4.40. The Morgan fingerprint density at radius 3 is 2.50 bits per heavy atom. The van der Waals surface area contributed by atoms with Crippen molar-refractivity contribution in [1.82, 2.24) is 14.9 Å². The van der Waals surface area contributed by atoms with Crippen LogP contribution in [0.25, 0.3) is 0 Å². The van der Waals surface area contributed by atoms with E-state index in [0.717, 1.165) is 25.0 Å². The van der Waals surface area contributed by atoms with E-state index in [4.69, 9.17) is 4.74 Å². The molecule has 8 heteroatoms. The van der Waals surface area contributed by atoms with Crippen LogP contribution >= 0.6 is 0 Å². The molecule has 2 aliphatic rings. The first-order chi connectivity index (χ1) is 12.6. The zero-order valence-corrected chi connectivity index (χ0v) is 14.1. The molecule has 1 aromatic heterocycles. The van der Waals surface area contributed by atoms with Gasteiger partial charge in [0.2, 0.25) is 11.8 Å². The molecule has 0 radical (unpaired) electrons. The molecule has 136 valence electrons. The number of piperazine rings is 1. The van der Waals surface area contributed by atoms with Gasteiger partial charge in [0, 0.05) is 44.2 Å². The molecule has 1 amide bonds. The maximum absolute atomic E-state index is 13.3. The van der Waals surface area contributed by atoms with Gasteiger partial charge in [0.25, 0.3) is 0 Å². The molecule has 1 saturated heterocycles. The van der Waals surface area contributed by atoms with Gasteiger partial charge in [0.15, 0.2) is 11.6 Å². The van der Waals surface area contributed by atoms with Crippen LogP contribution in [0.5, 0.6) is 11.6 Å². The van der Waals surface area contributed by atoms with Crippen molar-refractivity contribution in [3.63, 3.8) is 0 Å². The molecule has 1 aliphatic carbocycles. The monoisotopic (exact) mass is 360 g/mol. The number of amides is 1. The summed E-state index contributed by atoms with van der Waals surface area (Å²) in [5, 5.41) is 0. The molecular weight excluding hydrogens is 342 g/mol. The van der Waals surface area contributed by atoms with Crippen molar-refractivity contribution in [2.24, 2.45) is 5.92 Å². The molecular formula is C18H18F2N4O2. The van der Waals surface area contributed by atoms with Gasteiger partial charge >= 0.3 is 0 Å². The van der Waals surface area contributed by atoms with Gasteiger partial charge in [-0.1, -0.05) is 0 Å². The Morgan fingerprint density at radius 1 is 1.04 bits per heavy atom. The quantitative estimate of drug-likeness (QED) is 0.839. The van der Waals surface area contributed by atoms with Gasteiger partial charge in [-0.3, -0.25) is 4.79 Å². The fourth-order valence-corrected chi connectivity index (χ4v) is 2.96. The summed E-state index contributed by atoms with van der Waals surface area (Å²) in [4.78, 5) is 24.3. The molecule has 6 nitrogen and oxygen atoms in total. The molecule has 0 atom stereocenters. The van der Waals surface area contributed by atoms with Crippen LogP contribution in [0.2, 0.25) is 0 Å². The van der Waals surface area contributed by atoms with Crippen molar-refractivity contribution in [3.8, 4) is 11.6 Å². The number of anilines is 1. The van der Waals surface area contributed by atoms with Gasteiger partial charge in [-0.2, -0.15) is 0 Å². The molecule has 1 aromatic carbocycles. The first-order valence-electron chi connectivity index (χ1n) is 8.59. The summed E-state index contributed by atoms with van der Waals surface area (Å²) in [5.74, 6) is -0.332. The molecule has 2 aromatic rings. The highest BCUT2D eigenvalue weighted by Gasteiger charge is 2.34. The highest BCUT2D eigenvalue weighted by Crippen LogP contribution is 2.31. The van der Waals surface area contributed by atoms with Gasteiger partial charge in [0.05, 0.1) is 0 Å². The molecule has 4 rings (SSSR count). The van der Waals surface area contributed by atoms with Crippen molar-refractivity contribution < 1.29 is 18.3 Å². The van der Waals surface area contributed by atoms with Gasteiger partial charge < -0.3 is 14.5 Å². The lowest BCUT2D eigenvalue weighted by atomic mass is 10.2. The number of aromatic nitrogens is 2. The van der Waals surface area contributed by atoms with Crippen LogP contribution in [-0.4, -0.2) is 47.0 Å². The minimum absolute atomic E-state index is 0.161. The molecule has 2 fully saturated rings. The largest absolute Gasteiger partial charge is 0.439 e. The zero-order chi connectivity index (χ0) is 18.1. The maximum Gasteiger partial charge on any atom is 0.225 e. The lowest BCUT2D eigenvalue weighted by Gasteiger charge is -2.35. The summed E-state index contributed by atoms with van der Waals surface area (Å²) < 4.78 is 31.8. The van der Waals surface area contributed by atoms with E-state index in [2.05, 4.69) is 14.9 Å². The van der Waals surface area contributed by atoms with E-state index in [1.54, 1.807) is 6.07 Å². The van der Waals surface area contributed by atoms with Gasteiger partial charge in [0.1, 0.15) is 17.9 Å². The second-order valence-corrected chi connectivity index (χ2v) is 6.48. The van der Waals surface area contributed by atoms with Crippen LogP contribution in [0.15, 0.2) is 30.6 Å². The van der Waals surface area contributed by atoms with E-state index in [-0.39, 0.29) is 23.5 Å². The lowest BCUT2D eigenvalue weighted by molar-refractivity contribution is -0.132. The average molecular weight is 360 g/mol. The topological polar surface area (TPSA) is 58.6 Å². The Bertz CT molecular complexity index is 821. The number of carbonyl (C=O) groups is 1. The van der Waals surface area contributed by atoms with E-state index in [9.17, 15) is 13.6 Å². The Morgan fingerprint density at radius 2 is 1.81 bits per heavy atom. The SMILES string of the molecule is O=C(C1CC1)N1CCN(c2cc(Oc3ccc(F)c(F)c3)ncn2)CC1. The van der Waals surface area contributed by atoms with E-state index in [1.165, 1.54) is 12.4 Å². The molecule has 0 unspecified atom stereocenters. The van der Waals surface area contributed by atoms with Crippen LogP contribution < -0.4 is 9.64 Å². The number of rotatable bonds is 4. The maximum atomic E-state index is 13.3. The van der Waals surface area contributed by atoms with E-state index >= 15 is 0 Å².